The first-order valence-corrected chi connectivity index (χ1v) is 13.8. The van der Waals surface area contributed by atoms with Crippen molar-refractivity contribution in [3.05, 3.63) is 60.3 Å². The van der Waals surface area contributed by atoms with Crippen LogP contribution in [0.1, 0.15) is 31.2 Å². The van der Waals surface area contributed by atoms with Gasteiger partial charge < -0.3 is 15.6 Å². The van der Waals surface area contributed by atoms with Gasteiger partial charge in [-0.05, 0) is 42.7 Å². The van der Waals surface area contributed by atoms with E-state index in [0.29, 0.717) is 19.5 Å². The van der Waals surface area contributed by atoms with Gasteiger partial charge in [0.05, 0.1) is 4.90 Å². The highest BCUT2D eigenvalue weighted by atomic mass is 32.2. The van der Waals surface area contributed by atoms with Crippen LogP contribution in [0.4, 0.5) is 10.5 Å². The zero-order valence-electron chi connectivity index (χ0n) is 20.3. The lowest BCUT2D eigenvalue weighted by atomic mass is 10.1. The van der Waals surface area contributed by atoms with E-state index >= 15 is 0 Å². The number of hydrogen-bond acceptors (Lipinski definition) is 5. The van der Waals surface area contributed by atoms with E-state index in [1.165, 1.54) is 16.4 Å². The molecule has 2 saturated heterocycles. The Hall–Kier alpha value is -3.70. The van der Waals surface area contributed by atoms with Crippen LogP contribution in [-0.2, 0) is 26.0 Å². The minimum Gasteiger partial charge on any atom is -0.361 e. The molecule has 2 aliphatic heterocycles. The van der Waals surface area contributed by atoms with Crippen molar-refractivity contribution in [2.45, 2.75) is 43.0 Å². The minimum absolute atomic E-state index is 0.0981. The fourth-order valence-electron chi connectivity index (χ4n) is 4.89. The van der Waals surface area contributed by atoms with Crippen molar-refractivity contribution in [1.82, 2.24) is 19.5 Å². The van der Waals surface area contributed by atoms with Gasteiger partial charge in [-0.25, -0.2) is 13.2 Å². The normalized spacial score (nSPS) is 19.1. The lowest BCUT2D eigenvalue weighted by Gasteiger charge is -2.20. The van der Waals surface area contributed by atoms with Crippen molar-refractivity contribution in [2.75, 3.05) is 25.0 Å². The van der Waals surface area contributed by atoms with Crippen LogP contribution >= 0.6 is 0 Å². The van der Waals surface area contributed by atoms with Gasteiger partial charge in [0, 0.05) is 42.3 Å². The van der Waals surface area contributed by atoms with Crippen molar-refractivity contribution in [3.63, 3.8) is 0 Å². The van der Waals surface area contributed by atoms with Gasteiger partial charge in [-0.15, -0.1) is 0 Å². The number of amides is 4. The maximum absolute atomic E-state index is 13.1. The van der Waals surface area contributed by atoms with Crippen molar-refractivity contribution in [3.8, 4) is 0 Å². The predicted octanol–water partition coefficient (Wildman–Crippen LogP) is 2.83. The minimum atomic E-state index is -3.68. The van der Waals surface area contributed by atoms with Gasteiger partial charge in [0.2, 0.25) is 15.9 Å². The molecule has 3 heterocycles. The molecule has 3 N–H and O–H groups in total. The van der Waals surface area contributed by atoms with Crippen molar-refractivity contribution in [1.29, 1.82) is 0 Å². The third kappa shape index (κ3) is 5.23. The number of sulfonamides is 1. The van der Waals surface area contributed by atoms with Gasteiger partial charge in [-0.2, -0.15) is 4.31 Å². The number of fused-ring (bicyclic) bond motifs is 1. The number of benzene rings is 2. The Morgan fingerprint density at radius 1 is 1.00 bits per heavy atom. The molecule has 0 spiro atoms. The van der Waals surface area contributed by atoms with Crippen LogP contribution in [0.2, 0.25) is 0 Å². The third-order valence-electron chi connectivity index (χ3n) is 6.83. The number of H-pyrrole nitrogens is 1. The van der Waals surface area contributed by atoms with Crippen molar-refractivity contribution >= 4 is 44.5 Å². The summed E-state index contributed by atoms with van der Waals surface area (Å²) >= 11 is 0. The number of anilines is 1. The quantitative estimate of drug-likeness (QED) is 0.410. The Morgan fingerprint density at radius 2 is 1.76 bits per heavy atom. The van der Waals surface area contributed by atoms with Crippen LogP contribution in [0, 0.1) is 0 Å². The summed E-state index contributed by atoms with van der Waals surface area (Å²) in [6.45, 7) is 0.480. The van der Waals surface area contributed by atoms with E-state index in [4.69, 9.17) is 0 Å². The fourth-order valence-corrected chi connectivity index (χ4v) is 6.46. The van der Waals surface area contributed by atoms with Gasteiger partial charge in [-0.1, -0.05) is 37.1 Å². The number of carbonyl (C=O) groups excluding carboxylic acids is 3. The highest BCUT2D eigenvalue weighted by Gasteiger charge is 2.39. The number of imide groups is 1. The molecule has 1 atom stereocenters. The number of aromatic nitrogens is 1. The van der Waals surface area contributed by atoms with E-state index in [1.54, 1.807) is 12.1 Å². The molecule has 3 aromatic rings. The number of rotatable bonds is 7. The number of nitrogens with zero attached hydrogens (tertiary/aromatic N) is 2. The smallest absolute Gasteiger partial charge is 0.325 e. The standard InChI is InChI=1S/C26H29N5O5S/c32-24(28-19-8-7-9-20(15-19)37(35,36)30-12-5-1-2-6-13-30)17-31-25(33)23(29-26(31)34)14-18-16-27-22-11-4-3-10-21(18)22/h3-4,7-11,15-16,23,27H,1-2,5-6,12-14,17H2,(H,28,32)(H,29,34)/t23-/m1/s1. The monoisotopic (exact) mass is 523 g/mol. The molecule has 0 saturated carbocycles. The van der Waals surface area contributed by atoms with Crippen LogP contribution in [0.5, 0.6) is 0 Å². The highest BCUT2D eigenvalue weighted by Crippen LogP contribution is 2.24. The first-order chi connectivity index (χ1) is 17.8. The lowest BCUT2D eigenvalue weighted by molar-refractivity contribution is -0.130. The molecule has 4 amide bonds. The molecular weight excluding hydrogens is 494 g/mol. The number of carbonyl (C=O) groups is 3. The summed E-state index contributed by atoms with van der Waals surface area (Å²) in [6.07, 6.45) is 5.77. The van der Waals surface area contributed by atoms with Gasteiger partial charge in [0.1, 0.15) is 12.6 Å². The third-order valence-corrected chi connectivity index (χ3v) is 8.72. The number of aromatic amines is 1. The predicted molar refractivity (Wildman–Crippen MR) is 138 cm³/mol. The second kappa shape index (κ2) is 10.3. The Morgan fingerprint density at radius 3 is 2.54 bits per heavy atom. The number of para-hydroxylation sites is 1. The van der Waals surface area contributed by atoms with E-state index < -0.39 is 40.5 Å². The fraction of sp³-hybridized carbons (Fsp3) is 0.346. The Labute approximate surface area is 215 Å². The Bertz CT molecular complexity index is 1440. The highest BCUT2D eigenvalue weighted by molar-refractivity contribution is 7.89. The van der Waals surface area contributed by atoms with E-state index in [1.807, 2.05) is 30.5 Å². The van der Waals surface area contributed by atoms with E-state index in [9.17, 15) is 22.8 Å². The van der Waals surface area contributed by atoms with Crippen LogP contribution in [0.3, 0.4) is 0 Å². The lowest BCUT2D eigenvalue weighted by Crippen LogP contribution is -2.38. The molecule has 37 heavy (non-hydrogen) atoms. The second-order valence-electron chi connectivity index (χ2n) is 9.38. The van der Waals surface area contributed by atoms with Gasteiger partial charge in [-0.3, -0.25) is 14.5 Å². The number of hydrogen-bond donors (Lipinski definition) is 3. The van der Waals surface area contributed by atoms with Crippen LogP contribution in [0.15, 0.2) is 59.6 Å². The van der Waals surface area contributed by atoms with Crippen LogP contribution in [-0.4, -0.2) is 66.1 Å². The molecule has 2 aromatic carbocycles. The number of nitrogens with one attached hydrogen (secondary N) is 3. The second-order valence-corrected chi connectivity index (χ2v) is 11.3. The van der Waals surface area contributed by atoms with E-state index in [0.717, 1.165) is 47.0 Å². The maximum atomic E-state index is 13.1. The summed E-state index contributed by atoms with van der Waals surface area (Å²) in [5.74, 6) is -1.08. The molecule has 0 bridgehead atoms. The molecule has 2 aliphatic rings. The van der Waals surface area contributed by atoms with Crippen molar-refractivity contribution in [2.24, 2.45) is 0 Å². The van der Waals surface area contributed by atoms with Crippen LogP contribution in [0.25, 0.3) is 10.9 Å². The molecule has 1 aromatic heterocycles. The summed E-state index contributed by atoms with van der Waals surface area (Å²) in [5.41, 5.74) is 2.11. The van der Waals surface area contributed by atoms with E-state index in [2.05, 4.69) is 15.6 Å². The Balaban J connectivity index is 1.23. The van der Waals surface area contributed by atoms with Gasteiger partial charge >= 0.3 is 6.03 Å². The molecule has 0 radical (unpaired) electrons. The Kier molecular flexibility index (Phi) is 6.98. The van der Waals surface area contributed by atoms with Gasteiger partial charge in [0.25, 0.3) is 5.91 Å². The molecule has 2 fully saturated rings. The first kappa shape index (κ1) is 25.0. The summed E-state index contributed by atoms with van der Waals surface area (Å²) in [7, 11) is -3.68. The number of urea groups is 1. The first-order valence-electron chi connectivity index (χ1n) is 12.4. The topological polar surface area (TPSA) is 132 Å². The zero-order valence-corrected chi connectivity index (χ0v) is 21.1. The average Bonchev–Trinajstić information content (AvgIpc) is 3.24. The summed E-state index contributed by atoms with van der Waals surface area (Å²) in [6, 6.07) is 12.3. The zero-order chi connectivity index (χ0) is 26.0. The molecular formula is C26H29N5O5S. The summed E-state index contributed by atoms with van der Waals surface area (Å²) in [5, 5.41) is 6.24. The van der Waals surface area contributed by atoms with Crippen LogP contribution < -0.4 is 10.6 Å². The van der Waals surface area contributed by atoms with E-state index in [-0.39, 0.29) is 10.6 Å². The average molecular weight is 524 g/mol. The SMILES string of the molecule is O=C(CN1C(=O)N[C@H](Cc2c[nH]c3ccccc23)C1=O)Nc1cccc(S(=O)(=O)N2CCCCCC2)c1. The molecule has 194 valence electrons. The molecule has 0 aliphatic carbocycles. The maximum Gasteiger partial charge on any atom is 0.325 e. The van der Waals surface area contributed by atoms with Gasteiger partial charge in [0.15, 0.2) is 0 Å². The van der Waals surface area contributed by atoms with Crippen molar-refractivity contribution < 1.29 is 22.8 Å². The summed E-state index contributed by atoms with van der Waals surface area (Å²) < 4.78 is 27.7. The molecule has 10 nitrogen and oxygen atoms in total. The molecule has 0 unspecified atom stereocenters. The largest absolute Gasteiger partial charge is 0.361 e. The summed E-state index contributed by atoms with van der Waals surface area (Å²) in [4.78, 5) is 42.3. The molecule has 5 rings (SSSR count). The molecule has 11 heteroatoms.